The molecule has 0 bridgehead atoms. The maximum Gasteiger partial charge on any atom is 0.0796 e. The maximum atomic E-state index is 3.83. The third-order valence-corrected chi connectivity index (χ3v) is 3.18. The van der Waals surface area contributed by atoms with Gasteiger partial charge in [0.2, 0.25) is 0 Å². The van der Waals surface area contributed by atoms with Gasteiger partial charge in [-0.15, -0.1) is 11.3 Å². The monoisotopic (exact) mass is 245 g/mol. The average Bonchev–Trinajstić information content (AvgIpc) is 2.67. The SMILES string of the molecule is C=Cc1sc(C#CC(C)(C)C)cc1N(C)C=C. The van der Waals surface area contributed by atoms with E-state index in [1.54, 1.807) is 17.5 Å². The summed E-state index contributed by atoms with van der Waals surface area (Å²) in [6.07, 6.45) is 3.65. The summed E-state index contributed by atoms with van der Waals surface area (Å²) in [6, 6.07) is 2.09. The molecular weight excluding hydrogens is 226 g/mol. The summed E-state index contributed by atoms with van der Waals surface area (Å²) in [7, 11) is 1.98. The molecule has 1 rings (SSSR count). The van der Waals surface area contributed by atoms with E-state index in [0.29, 0.717) is 0 Å². The number of thiophene rings is 1. The van der Waals surface area contributed by atoms with Gasteiger partial charge in [-0.25, -0.2) is 0 Å². The number of hydrogen-bond donors (Lipinski definition) is 0. The molecule has 1 heterocycles. The maximum absolute atomic E-state index is 3.83. The molecule has 1 aromatic heterocycles. The molecule has 0 atom stereocenters. The molecule has 0 aliphatic rings. The topological polar surface area (TPSA) is 3.24 Å². The second-order valence-electron chi connectivity index (χ2n) is 4.86. The molecule has 1 nitrogen and oxygen atoms in total. The van der Waals surface area contributed by atoms with Gasteiger partial charge < -0.3 is 4.90 Å². The van der Waals surface area contributed by atoms with Crippen LogP contribution in [0.5, 0.6) is 0 Å². The number of hydrogen-bond acceptors (Lipinski definition) is 2. The summed E-state index contributed by atoms with van der Waals surface area (Å²) in [5.41, 5.74) is 1.14. The van der Waals surface area contributed by atoms with Gasteiger partial charge in [0.05, 0.1) is 15.4 Å². The van der Waals surface area contributed by atoms with Crippen molar-refractivity contribution in [3.05, 3.63) is 35.2 Å². The average molecular weight is 245 g/mol. The van der Waals surface area contributed by atoms with Gasteiger partial charge in [-0.05, 0) is 39.1 Å². The van der Waals surface area contributed by atoms with Gasteiger partial charge in [-0.1, -0.05) is 25.0 Å². The Hall–Kier alpha value is -1.46. The van der Waals surface area contributed by atoms with Crippen molar-refractivity contribution in [3.8, 4) is 11.8 Å². The van der Waals surface area contributed by atoms with Crippen LogP contribution in [-0.4, -0.2) is 7.05 Å². The lowest BCUT2D eigenvalue weighted by Crippen LogP contribution is -2.06. The van der Waals surface area contributed by atoms with Crippen molar-refractivity contribution in [2.75, 3.05) is 11.9 Å². The Balaban J connectivity index is 3.12. The molecule has 0 saturated heterocycles. The van der Waals surface area contributed by atoms with E-state index in [2.05, 4.69) is 51.8 Å². The number of anilines is 1. The van der Waals surface area contributed by atoms with Crippen molar-refractivity contribution in [1.82, 2.24) is 0 Å². The van der Waals surface area contributed by atoms with Crippen LogP contribution < -0.4 is 4.90 Å². The Bertz CT molecular complexity index is 477. The van der Waals surface area contributed by atoms with E-state index in [0.717, 1.165) is 15.4 Å². The van der Waals surface area contributed by atoms with Gasteiger partial charge in [0.15, 0.2) is 0 Å². The van der Waals surface area contributed by atoms with Crippen LogP contribution in [-0.2, 0) is 0 Å². The molecule has 17 heavy (non-hydrogen) atoms. The number of nitrogens with zero attached hydrogens (tertiary/aromatic N) is 1. The predicted molar refractivity (Wildman–Crippen MR) is 79.3 cm³/mol. The second kappa shape index (κ2) is 5.25. The summed E-state index contributed by atoms with van der Waals surface area (Å²) >= 11 is 1.66. The van der Waals surface area contributed by atoms with Crippen molar-refractivity contribution < 1.29 is 0 Å². The normalized spacial score (nSPS) is 10.4. The van der Waals surface area contributed by atoms with Crippen LogP contribution in [0, 0.1) is 17.3 Å². The highest BCUT2D eigenvalue weighted by Gasteiger charge is 2.09. The van der Waals surface area contributed by atoms with Crippen molar-refractivity contribution >= 4 is 23.1 Å². The first-order valence-electron chi connectivity index (χ1n) is 5.52. The molecule has 0 aromatic carbocycles. The van der Waals surface area contributed by atoms with Gasteiger partial charge in [-0.3, -0.25) is 0 Å². The summed E-state index contributed by atoms with van der Waals surface area (Å²) in [5.74, 6) is 6.46. The largest absolute Gasteiger partial charge is 0.350 e. The lowest BCUT2D eigenvalue weighted by molar-refractivity contribution is 0.571. The molecule has 0 radical (unpaired) electrons. The van der Waals surface area contributed by atoms with Crippen molar-refractivity contribution in [2.24, 2.45) is 5.41 Å². The Labute approximate surface area is 108 Å². The van der Waals surface area contributed by atoms with Gasteiger partial charge in [-0.2, -0.15) is 0 Å². The molecule has 0 aliphatic carbocycles. The molecule has 1 aromatic rings. The van der Waals surface area contributed by atoms with Crippen LogP contribution in [0.25, 0.3) is 6.08 Å². The highest BCUT2D eigenvalue weighted by molar-refractivity contribution is 7.14. The molecule has 0 spiro atoms. The van der Waals surface area contributed by atoms with E-state index in [1.807, 2.05) is 18.0 Å². The quantitative estimate of drug-likeness (QED) is 0.715. The van der Waals surface area contributed by atoms with Gasteiger partial charge >= 0.3 is 0 Å². The van der Waals surface area contributed by atoms with Crippen LogP contribution >= 0.6 is 11.3 Å². The Morgan fingerprint density at radius 3 is 2.47 bits per heavy atom. The van der Waals surface area contributed by atoms with E-state index in [9.17, 15) is 0 Å². The van der Waals surface area contributed by atoms with Crippen molar-refractivity contribution in [2.45, 2.75) is 20.8 Å². The lowest BCUT2D eigenvalue weighted by Gasteiger charge is -2.11. The predicted octanol–water partition coefficient (Wildman–Crippen LogP) is 4.37. The van der Waals surface area contributed by atoms with E-state index < -0.39 is 0 Å². The molecule has 0 fully saturated rings. The second-order valence-corrected chi connectivity index (χ2v) is 5.94. The molecule has 0 amide bonds. The fourth-order valence-corrected chi connectivity index (χ4v) is 2.13. The Morgan fingerprint density at radius 2 is 2.00 bits per heavy atom. The number of rotatable bonds is 3. The highest BCUT2D eigenvalue weighted by atomic mass is 32.1. The minimum Gasteiger partial charge on any atom is -0.350 e. The van der Waals surface area contributed by atoms with E-state index in [4.69, 9.17) is 0 Å². The smallest absolute Gasteiger partial charge is 0.0796 e. The van der Waals surface area contributed by atoms with Gasteiger partial charge in [0.25, 0.3) is 0 Å². The molecule has 2 heteroatoms. The third-order valence-electron chi connectivity index (χ3n) is 2.14. The minimum absolute atomic E-state index is 0.0306. The fourth-order valence-electron chi connectivity index (χ4n) is 1.23. The van der Waals surface area contributed by atoms with Gasteiger partial charge in [0, 0.05) is 12.5 Å². The van der Waals surface area contributed by atoms with E-state index in [-0.39, 0.29) is 5.41 Å². The highest BCUT2D eigenvalue weighted by Crippen LogP contribution is 2.30. The van der Waals surface area contributed by atoms with Crippen molar-refractivity contribution in [3.63, 3.8) is 0 Å². The molecule has 0 aliphatic heterocycles. The van der Waals surface area contributed by atoms with E-state index in [1.165, 1.54) is 0 Å². The van der Waals surface area contributed by atoms with Crippen LogP contribution in [0.1, 0.15) is 30.5 Å². The fraction of sp³-hybridized carbons (Fsp3) is 0.333. The summed E-state index contributed by atoms with van der Waals surface area (Å²) in [5, 5.41) is 0. The molecule has 0 saturated carbocycles. The van der Waals surface area contributed by atoms with E-state index >= 15 is 0 Å². The zero-order valence-corrected chi connectivity index (χ0v) is 11.8. The van der Waals surface area contributed by atoms with Crippen LogP contribution in [0.15, 0.2) is 25.4 Å². The van der Waals surface area contributed by atoms with Crippen molar-refractivity contribution in [1.29, 1.82) is 0 Å². The zero-order chi connectivity index (χ0) is 13.1. The Morgan fingerprint density at radius 1 is 1.35 bits per heavy atom. The third kappa shape index (κ3) is 3.80. The first-order chi connectivity index (χ1) is 7.87. The molecule has 0 unspecified atom stereocenters. The summed E-state index contributed by atoms with van der Waals surface area (Å²) < 4.78 is 0. The molecule has 0 N–H and O–H groups in total. The lowest BCUT2D eigenvalue weighted by atomic mass is 9.98. The minimum atomic E-state index is 0.0306. The Kier molecular flexibility index (Phi) is 4.20. The summed E-state index contributed by atoms with van der Waals surface area (Å²) in [6.45, 7) is 13.9. The molecule has 90 valence electrons. The van der Waals surface area contributed by atoms with Gasteiger partial charge in [0.1, 0.15) is 0 Å². The van der Waals surface area contributed by atoms with Crippen LogP contribution in [0.3, 0.4) is 0 Å². The van der Waals surface area contributed by atoms with Crippen LogP contribution in [0.2, 0.25) is 0 Å². The standard InChI is InChI=1S/C15H19NS/c1-7-14-13(16(6)8-2)11-12(17-14)9-10-15(3,4)5/h7-8,11H,1-2H2,3-6H3. The molecular formula is C15H19NS. The summed E-state index contributed by atoms with van der Waals surface area (Å²) in [4.78, 5) is 4.18. The zero-order valence-electron chi connectivity index (χ0n) is 11.0. The van der Waals surface area contributed by atoms with Crippen LogP contribution in [0.4, 0.5) is 5.69 Å². The first-order valence-corrected chi connectivity index (χ1v) is 6.34. The first kappa shape index (κ1) is 13.6.